The third-order valence-corrected chi connectivity index (χ3v) is 4.72. The van der Waals surface area contributed by atoms with Gasteiger partial charge in [-0.3, -0.25) is 0 Å². The number of H-pyrrole nitrogens is 1. The van der Waals surface area contributed by atoms with Crippen molar-refractivity contribution in [2.24, 2.45) is 0 Å². The van der Waals surface area contributed by atoms with Crippen molar-refractivity contribution in [3.05, 3.63) is 47.0 Å². The highest BCUT2D eigenvalue weighted by Gasteiger charge is 2.07. The van der Waals surface area contributed by atoms with Crippen LogP contribution >= 0.6 is 12.2 Å². The summed E-state index contributed by atoms with van der Waals surface area (Å²) in [7, 11) is 3.26. The zero-order valence-corrected chi connectivity index (χ0v) is 16.8. The molecule has 1 heterocycles. The predicted molar refractivity (Wildman–Crippen MR) is 113 cm³/mol. The molecule has 0 amide bonds. The Morgan fingerprint density at radius 2 is 1.81 bits per heavy atom. The average molecular weight is 385 g/mol. The lowest BCUT2D eigenvalue weighted by atomic mass is 10.1. The summed E-state index contributed by atoms with van der Waals surface area (Å²) in [6.07, 6.45) is 0.806. The highest BCUT2D eigenvalue weighted by atomic mass is 32.1. The molecule has 0 unspecified atom stereocenters. The van der Waals surface area contributed by atoms with Crippen LogP contribution in [0.5, 0.6) is 11.5 Å². The molecular formula is C20H24N4O2S. The Labute approximate surface area is 164 Å². The van der Waals surface area contributed by atoms with Gasteiger partial charge in [0, 0.05) is 6.54 Å². The van der Waals surface area contributed by atoms with Gasteiger partial charge in [-0.05, 0) is 73.4 Å². The fourth-order valence-corrected chi connectivity index (χ4v) is 3.04. The Bertz CT molecular complexity index is 929. The lowest BCUT2D eigenvalue weighted by molar-refractivity contribution is 0.354. The first-order chi connectivity index (χ1) is 13.0. The monoisotopic (exact) mass is 384 g/mol. The van der Waals surface area contributed by atoms with Gasteiger partial charge in [-0.1, -0.05) is 6.07 Å². The number of anilines is 1. The molecule has 0 saturated carbocycles. The summed E-state index contributed by atoms with van der Waals surface area (Å²) < 4.78 is 10.6. The smallest absolute Gasteiger partial charge is 0.207 e. The van der Waals surface area contributed by atoms with Crippen molar-refractivity contribution in [3.63, 3.8) is 0 Å². The van der Waals surface area contributed by atoms with Crippen LogP contribution in [-0.2, 0) is 6.42 Å². The van der Waals surface area contributed by atoms with Gasteiger partial charge in [-0.25, -0.2) is 4.98 Å². The SMILES string of the molecule is COc1ccc(CCNC(=S)Nc2nc3cc(C)c(C)cc3[nH]2)cc1OC. The number of imidazole rings is 1. The second-order valence-electron chi connectivity index (χ2n) is 6.36. The fraction of sp³-hybridized carbons (Fsp3) is 0.300. The number of nitrogens with one attached hydrogen (secondary N) is 3. The third kappa shape index (κ3) is 4.49. The van der Waals surface area contributed by atoms with Gasteiger partial charge in [0.25, 0.3) is 0 Å². The van der Waals surface area contributed by atoms with Crippen molar-refractivity contribution in [3.8, 4) is 11.5 Å². The summed E-state index contributed by atoms with van der Waals surface area (Å²) >= 11 is 5.37. The molecule has 2 aromatic carbocycles. The van der Waals surface area contributed by atoms with E-state index >= 15 is 0 Å². The van der Waals surface area contributed by atoms with Gasteiger partial charge in [0.1, 0.15) is 0 Å². The van der Waals surface area contributed by atoms with Crippen molar-refractivity contribution in [2.75, 3.05) is 26.1 Å². The molecule has 0 aliphatic carbocycles. The summed E-state index contributed by atoms with van der Waals surface area (Å²) in [4.78, 5) is 7.79. The molecule has 0 saturated heterocycles. The maximum absolute atomic E-state index is 5.37. The van der Waals surface area contributed by atoms with E-state index in [0.29, 0.717) is 17.6 Å². The molecule has 0 spiro atoms. The van der Waals surface area contributed by atoms with Crippen molar-refractivity contribution in [2.45, 2.75) is 20.3 Å². The largest absolute Gasteiger partial charge is 0.493 e. The van der Waals surface area contributed by atoms with Crippen molar-refractivity contribution >= 4 is 34.3 Å². The third-order valence-electron chi connectivity index (χ3n) is 4.48. The Morgan fingerprint density at radius 3 is 2.56 bits per heavy atom. The Balaban J connectivity index is 1.55. The van der Waals surface area contributed by atoms with Crippen molar-refractivity contribution < 1.29 is 9.47 Å². The summed E-state index contributed by atoms with van der Waals surface area (Å²) in [5, 5.41) is 6.84. The van der Waals surface area contributed by atoms with Crippen LogP contribution < -0.4 is 20.1 Å². The first-order valence-electron chi connectivity index (χ1n) is 8.73. The average Bonchev–Trinajstić information content (AvgIpc) is 3.02. The summed E-state index contributed by atoms with van der Waals surface area (Å²) in [5.74, 6) is 2.09. The summed E-state index contributed by atoms with van der Waals surface area (Å²) in [5.41, 5.74) is 5.50. The van der Waals surface area contributed by atoms with Crippen LogP contribution in [0.2, 0.25) is 0 Å². The lowest BCUT2D eigenvalue weighted by Gasteiger charge is -2.11. The van der Waals surface area contributed by atoms with Crippen LogP contribution in [0.15, 0.2) is 30.3 Å². The summed E-state index contributed by atoms with van der Waals surface area (Å²) in [6.45, 7) is 4.86. The van der Waals surface area contributed by atoms with E-state index in [1.54, 1.807) is 14.2 Å². The second kappa shape index (κ2) is 8.26. The molecule has 0 atom stereocenters. The van der Waals surface area contributed by atoms with E-state index in [1.165, 1.54) is 11.1 Å². The Morgan fingerprint density at radius 1 is 1.07 bits per heavy atom. The number of methoxy groups -OCH3 is 2. The molecule has 7 heteroatoms. The standard InChI is InChI=1S/C20H24N4O2S/c1-12-9-15-16(10-13(12)2)23-19(22-15)24-20(27)21-8-7-14-5-6-17(25-3)18(11-14)26-4/h5-6,9-11H,7-8H2,1-4H3,(H3,21,22,23,24,27). The lowest BCUT2D eigenvalue weighted by Crippen LogP contribution is -2.30. The van der Waals surface area contributed by atoms with E-state index in [2.05, 4.69) is 46.6 Å². The van der Waals surface area contributed by atoms with E-state index in [0.717, 1.165) is 34.5 Å². The van der Waals surface area contributed by atoms with E-state index < -0.39 is 0 Å². The molecule has 0 fully saturated rings. The van der Waals surface area contributed by atoms with Gasteiger partial charge in [0.15, 0.2) is 16.6 Å². The molecular weight excluding hydrogens is 360 g/mol. The Kier molecular flexibility index (Phi) is 5.81. The molecule has 142 valence electrons. The van der Waals surface area contributed by atoms with E-state index in [4.69, 9.17) is 21.7 Å². The van der Waals surface area contributed by atoms with Gasteiger partial charge in [0.05, 0.1) is 25.3 Å². The molecule has 6 nitrogen and oxygen atoms in total. The zero-order valence-electron chi connectivity index (χ0n) is 16.0. The molecule has 0 bridgehead atoms. The minimum atomic E-state index is 0.531. The highest BCUT2D eigenvalue weighted by molar-refractivity contribution is 7.80. The van der Waals surface area contributed by atoms with E-state index in [1.807, 2.05) is 18.2 Å². The number of aromatic amines is 1. The molecule has 1 aromatic heterocycles. The zero-order chi connectivity index (χ0) is 19.4. The number of aromatic nitrogens is 2. The number of nitrogens with zero attached hydrogens (tertiary/aromatic N) is 1. The number of ether oxygens (including phenoxy) is 2. The van der Waals surface area contributed by atoms with E-state index in [-0.39, 0.29) is 0 Å². The fourth-order valence-electron chi connectivity index (χ4n) is 2.84. The van der Waals surface area contributed by atoms with Crippen LogP contribution in [-0.4, -0.2) is 35.8 Å². The number of aryl methyl sites for hydroxylation is 2. The van der Waals surface area contributed by atoms with Gasteiger partial charge in [-0.15, -0.1) is 0 Å². The first kappa shape index (κ1) is 19.0. The number of thiocarbonyl (C=S) groups is 1. The molecule has 3 rings (SSSR count). The minimum absolute atomic E-state index is 0.531. The normalized spacial score (nSPS) is 10.7. The van der Waals surface area contributed by atoms with Crippen LogP contribution in [0.1, 0.15) is 16.7 Å². The highest BCUT2D eigenvalue weighted by Crippen LogP contribution is 2.27. The number of rotatable bonds is 6. The van der Waals surface area contributed by atoms with Gasteiger partial charge < -0.3 is 25.1 Å². The van der Waals surface area contributed by atoms with Crippen LogP contribution in [0.25, 0.3) is 11.0 Å². The van der Waals surface area contributed by atoms with Crippen LogP contribution in [0.4, 0.5) is 5.95 Å². The van der Waals surface area contributed by atoms with E-state index in [9.17, 15) is 0 Å². The second-order valence-corrected chi connectivity index (χ2v) is 6.77. The van der Waals surface area contributed by atoms with Crippen molar-refractivity contribution in [1.29, 1.82) is 0 Å². The number of benzene rings is 2. The number of hydrogen-bond acceptors (Lipinski definition) is 4. The topological polar surface area (TPSA) is 71.2 Å². The number of hydrogen-bond donors (Lipinski definition) is 3. The molecule has 0 radical (unpaired) electrons. The maximum Gasteiger partial charge on any atom is 0.207 e. The number of fused-ring (bicyclic) bond motifs is 1. The summed E-state index contributed by atoms with van der Waals surface area (Å²) in [6, 6.07) is 10.1. The molecule has 27 heavy (non-hydrogen) atoms. The van der Waals surface area contributed by atoms with Crippen LogP contribution in [0.3, 0.4) is 0 Å². The quantitative estimate of drug-likeness (QED) is 0.563. The van der Waals surface area contributed by atoms with Gasteiger partial charge in [-0.2, -0.15) is 0 Å². The minimum Gasteiger partial charge on any atom is -0.493 e. The predicted octanol–water partition coefficient (Wildman–Crippen LogP) is 3.73. The van der Waals surface area contributed by atoms with Gasteiger partial charge >= 0.3 is 0 Å². The first-order valence-corrected chi connectivity index (χ1v) is 9.13. The van der Waals surface area contributed by atoms with Crippen LogP contribution in [0, 0.1) is 13.8 Å². The van der Waals surface area contributed by atoms with Crippen molar-refractivity contribution in [1.82, 2.24) is 15.3 Å². The molecule has 0 aliphatic heterocycles. The molecule has 0 aliphatic rings. The van der Waals surface area contributed by atoms with Gasteiger partial charge in [0.2, 0.25) is 5.95 Å². The molecule has 3 aromatic rings. The Hall–Kier alpha value is -2.80. The maximum atomic E-state index is 5.37. The molecule has 3 N–H and O–H groups in total.